The SMILES string of the molecule is CC(C)Cc1cc(C(=O)N2CCC(C(F)(F)F)CC2)nc(N)n1. The first-order chi connectivity index (χ1) is 10.7. The average Bonchev–Trinajstić information content (AvgIpc) is 2.44. The molecule has 1 amide bonds. The molecular formula is C15H21F3N4O. The number of nitrogens with zero attached hydrogens (tertiary/aromatic N) is 3. The van der Waals surface area contributed by atoms with E-state index in [-0.39, 0.29) is 43.5 Å². The smallest absolute Gasteiger partial charge is 0.368 e. The lowest BCUT2D eigenvalue weighted by molar-refractivity contribution is -0.183. The van der Waals surface area contributed by atoms with Gasteiger partial charge in [-0.05, 0) is 31.2 Å². The maximum Gasteiger partial charge on any atom is 0.391 e. The van der Waals surface area contributed by atoms with Gasteiger partial charge in [-0.3, -0.25) is 4.79 Å². The summed E-state index contributed by atoms with van der Waals surface area (Å²) in [5.74, 6) is -1.37. The largest absolute Gasteiger partial charge is 0.391 e. The van der Waals surface area contributed by atoms with Crippen molar-refractivity contribution in [2.75, 3.05) is 18.8 Å². The van der Waals surface area contributed by atoms with Crippen LogP contribution in [0.15, 0.2) is 6.07 Å². The minimum absolute atomic E-state index is 0.0108. The van der Waals surface area contributed by atoms with Gasteiger partial charge in [0.2, 0.25) is 5.95 Å². The highest BCUT2D eigenvalue weighted by Crippen LogP contribution is 2.34. The Morgan fingerprint density at radius 2 is 1.96 bits per heavy atom. The standard InChI is InChI=1S/C15H21F3N4O/c1-9(2)7-11-8-12(21-14(19)20-11)13(23)22-5-3-10(4-6-22)15(16,17)18/h8-10H,3-7H2,1-2H3,(H2,19,20,21). The second-order valence-corrected chi connectivity index (χ2v) is 6.31. The van der Waals surface area contributed by atoms with Gasteiger partial charge in [0, 0.05) is 18.8 Å². The van der Waals surface area contributed by atoms with Gasteiger partial charge in [-0.2, -0.15) is 13.2 Å². The fourth-order valence-corrected chi connectivity index (χ4v) is 2.72. The van der Waals surface area contributed by atoms with E-state index in [4.69, 9.17) is 5.73 Å². The van der Waals surface area contributed by atoms with Crippen molar-refractivity contribution in [1.82, 2.24) is 14.9 Å². The zero-order valence-corrected chi connectivity index (χ0v) is 13.2. The molecule has 0 bridgehead atoms. The van der Waals surface area contributed by atoms with Crippen LogP contribution in [-0.4, -0.2) is 40.0 Å². The van der Waals surface area contributed by atoms with E-state index in [0.29, 0.717) is 18.0 Å². The van der Waals surface area contributed by atoms with E-state index in [0.717, 1.165) is 0 Å². The lowest BCUT2D eigenvalue weighted by Crippen LogP contribution is -2.42. The third-order valence-corrected chi connectivity index (χ3v) is 3.88. The van der Waals surface area contributed by atoms with E-state index in [1.807, 2.05) is 13.8 Å². The van der Waals surface area contributed by atoms with Crippen molar-refractivity contribution in [3.8, 4) is 0 Å². The highest BCUT2D eigenvalue weighted by molar-refractivity contribution is 5.92. The van der Waals surface area contributed by atoms with Crippen LogP contribution in [0.4, 0.5) is 19.1 Å². The van der Waals surface area contributed by atoms with E-state index in [1.165, 1.54) is 4.90 Å². The highest BCUT2D eigenvalue weighted by Gasteiger charge is 2.41. The molecule has 128 valence electrons. The van der Waals surface area contributed by atoms with E-state index in [1.54, 1.807) is 6.07 Å². The summed E-state index contributed by atoms with van der Waals surface area (Å²) in [6.07, 6.45) is -3.69. The van der Waals surface area contributed by atoms with Crippen LogP contribution < -0.4 is 5.73 Å². The normalized spacial score (nSPS) is 16.9. The molecule has 0 unspecified atom stereocenters. The molecule has 0 radical (unpaired) electrons. The summed E-state index contributed by atoms with van der Waals surface area (Å²) >= 11 is 0. The molecule has 2 rings (SSSR count). The molecule has 1 aliphatic rings. The monoisotopic (exact) mass is 330 g/mol. The molecule has 5 nitrogen and oxygen atoms in total. The number of aromatic nitrogens is 2. The number of alkyl halides is 3. The molecular weight excluding hydrogens is 309 g/mol. The Balaban J connectivity index is 2.08. The Morgan fingerprint density at radius 3 is 2.48 bits per heavy atom. The van der Waals surface area contributed by atoms with Gasteiger partial charge < -0.3 is 10.6 Å². The topological polar surface area (TPSA) is 72.1 Å². The number of halogens is 3. The molecule has 1 fully saturated rings. The molecule has 8 heteroatoms. The lowest BCUT2D eigenvalue weighted by atomic mass is 9.96. The predicted molar refractivity (Wildman–Crippen MR) is 79.7 cm³/mol. The molecule has 23 heavy (non-hydrogen) atoms. The number of hydrogen-bond acceptors (Lipinski definition) is 4. The van der Waals surface area contributed by atoms with Gasteiger partial charge in [-0.25, -0.2) is 9.97 Å². The molecule has 0 atom stereocenters. The number of likely N-dealkylation sites (tertiary alicyclic amines) is 1. The molecule has 1 aromatic rings. The van der Waals surface area contributed by atoms with Gasteiger partial charge >= 0.3 is 6.18 Å². The summed E-state index contributed by atoms with van der Waals surface area (Å²) < 4.78 is 38.0. The molecule has 0 spiro atoms. The Bertz CT molecular complexity index is 566. The van der Waals surface area contributed by atoms with Crippen LogP contribution in [0.1, 0.15) is 42.9 Å². The Morgan fingerprint density at radius 1 is 1.35 bits per heavy atom. The second-order valence-electron chi connectivity index (χ2n) is 6.31. The summed E-state index contributed by atoms with van der Waals surface area (Å²) in [7, 11) is 0. The van der Waals surface area contributed by atoms with Crippen molar-refractivity contribution >= 4 is 11.9 Å². The lowest BCUT2D eigenvalue weighted by Gasteiger charge is -2.32. The van der Waals surface area contributed by atoms with Gasteiger partial charge in [0.05, 0.1) is 5.92 Å². The Labute approximate surface area is 133 Å². The first-order valence-electron chi connectivity index (χ1n) is 7.66. The predicted octanol–water partition coefficient (Wildman–Crippen LogP) is 2.67. The summed E-state index contributed by atoms with van der Waals surface area (Å²) in [5.41, 5.74) is 6.46. The van der Waals surface area contributed by atoms with Crippen molar-refractivity contribution in [3.05, 3.63) is 17.5 Å². The minimum Gasteiger partial charge on any atom is -0.368 e. The van der Waals surface area contributed by atoms with E-state index in [2.05, 4.69) is 9.97 Å². The number of nitrogens with two attached hydrogens (primary N) is 1. The van der Waals surface area contributed by atoms with Gasteiger partial charge in [-0.1, -0.05) is 13.8 Å². The van der Waals surface area contributed by atoms with Crippen molar-refractivity contribution in [2.24, 2.45) is 11.8 Å². The minimum atomic E-state index is -4.20. The highest BCUT2D eigenvalue weighted by atomic mass is 19.4. The molecule has 0 aromatic carbocycles. The number of carbonyl (C=O) groups excluding carboxylic acids is 1. The second kappa shape index (κ2) is 6.72. The number of anilines is 1. The number of piperidine rings is 1. The first-order valence-corrected chi connectivity index (χ1v) is 7.66. The van der Waals surface area contributed by atoms with Crippen molar-refractivity contribution < 1.29 is 18.0 Å². The van der Waals surface area contributed by atoms with Crippen LogP contribution >= 0.6 is 0 Å². The summed E-state index contributed by atoms with van der Waals surface area (Å²) in [6.45, 7) is 4.18. The molecule has 2 N–H and O–H groups in total. The van der Waals surface area contributed by atoms with Crippen LogP contribution in [0.5, 0.6) is 0 Å². The number of amides is 1. The fourth-order valence-electron chi connectivity index (χ4n) is 2.72. The maximum atomic E-state index is 12.7. The Hall–Kier alpha value is -1.86. The molecule has 0 aliphatic carbocycles. The average molecular weight is 330 g/mol. The number of carbonyl (C=O) groups is 1. The van der Waals surface area contributed by atoms with E-state index in [9.17, 15) is 18.0 Å². The first kappa shape index (κ1) is 17.5. The molecule has 1 aliphatic heterocycles. The van der Waals surface area contributed by atoms with Crippen LogP contribution in [0.25, 0.3) is 0 Å². The Kier molecular flexibility index (Phi) is 5.11. The van der Waals surface area contributed by atoms with Gasteiger partial charge in [0.1, 0.15) is 5.69 Å². The maximum absolute atomic E-state index is 12.7. The molecule has 1 saturated heterocycles. The van der Waals surface area contributed by atoms with Crippen molar-refractivity contribution in [2.45, 2.75) is 39.3 Å². The van der Waals surface area contributed by atoms with Gasteiger partial charge in [-0.15, -0.1) is 0 Å². The summed E-state index contributed by atoms with van der Waals surface area (Å²) in [4.78, 5) is 21.9. The van der Waals surface area contributed by atoms with Crippen LogP contribution in [0, 0.1) is 11.8 Å². The summed E-state index contributed by atoms with van der Waals surface area (Å²) in [6, 6.07) is 1.58. The molecule has 2 heterocycles. The van der Waals surface area contributed by atoms with E-state index < -0.39 is 12.1 Å². The fraction of sp³-hybridized carbons (Fsp3) is 0.667. The number of nitrogen functional groups attached to an aromatic ring is 1. The van der Waals surface area contributed by atoms with Gasteiger partial charge in [0.15, 0.2) is 0 Å². The van der Waals surface area contributed by atoms with E-state index >= 15 is 0 Å². The van der Waals surface area contributed by atoms with Crippen LogP contribution in [-0.2, 0) is 6.42 Å². The van der Waals surface area contributed by atoms with Gasteiger partial charge in [0.25, 0.3) is 5.91 Å². The zero-order valence-electron chi connectivity index (χ0n) is 13.2. The quantitative estimate of drug-likeness (QED) is 0.925. The number of hydrogen-bond donors (Lipinski definition) is 1. The third kappa shape index (κ3) is 4.56. The number of rotatable bonds is 3. The third-order valence-electron chi connectivity index (χ3n) is 3.88. The molecule has 1 aromatic heterocycles. The molecule has 0 saturated carbocycles. The van der Waals surface area contributed by atoms with Crippen molar-refractivity contribution in [1.29, 1.82) is 0 Å². The zero-order chi connectivity index (χ0) is 17.2. The summed E-state index contributed by atoms with van der Waals surface area (Å²) in [5, 5.41) is 0. The van der Waals surface area contributed by atoms with Crippen molar-refractivity contribution in [3.63, 3.8) is 0 Å². The van der Waals surface area contributed by atoms with Crippen LogP contribution in [0.3, 0.4) is 0 Å². The van der Waals surface area contributed by atoms with Crippen LogP contribution in [0.2, 0.25) is 0 Å².